The first-order chi connectivity index (χ1) is 15.7. The van der Waals surface area contributed by atoms with E-state index in [2.05, 4.69) is 74.2 Å². The van der Waals surface area contributed by atoms with Crippen LogP contribution in [0.2, 0.25) is 0 Å². The second-order valence-corrected chi connectivity index (χ2v) is 8.84. The van der Waals surface area contributed by atoms with Crippen LogP contribution in [-0.2, 0) is 0 Å². The zero-order chi connectivity index (χ0) is 22.2. The first-order valence-electron chi connectivity index (χ1n) is 12.1. The van der Waals surface area contributed by atoms with Gasteiger partial charge in [0.1, 0.15) is 0 Å². The van der Waals surface area contributed by atoms with Crippen LogP contribution in [0.25, 0.3) is 0 Å². The quantitative estimate of drug-likeness (QED) is 0.331. The van der Waals surface area contributed by atoms with Gasteiger partial charge in [0.2, 0.25) is 5.95 Å². The lowest BCUT2D eigenvalue weighted by molar-refractivity contribution is 0.233. The molecule has 180 valence electrons. The molecular formula is C25H38IN7. The zero-order valence-corrected chi connectivity index (χ0v) is 22.3. The van der Waals surface area contributed by atoms with Crippen molar-refractivity contribution in [2.45, 2.75) is 26.2 Å². The fraction of sp³-hybridized carbons (Fsp3) is 0.560. The molecule has 0 radical (unpaired) electrons. The summed E-state index contributed by atoms with van der Waals surface area (Å²) in [5.41, 5.74) is 1.47. The van der Waals surface area contributed by atoms with Crippen LogP contribution < -0.4 is 10.2 Å². The Morgan fingerprint density at radius 3 is 2.42 bits per heavy atom. The first kappa shape index (κ1) is 25.7. The van der Waals surface area contributed by atoms with Gasteiger partial charge >= 0.3 is 0 Å². The molecule has 2 aromatic rings. The number of anilines is 1. The van der Waals surface area contributed by atoms with Crippen LogP contribution in [0.1, 0.15) is 31.7 Å². The molecule has 1 N–H and O–H groups in total. The van der Waals surface area contributed by atoms with E-state index in [1.165, 1.54) is 12.0 Å². The van der Waals surface area contributed by atoms with E-state index in [1.54, 1.807) is 0 Å². The number of aromatic nitrogens is 2. The minimum atomic E-state index is 0. The SMILES string of the molecule is CCNC(=NCCN1CCN(c2ncccn2)CC1)N1CCC(c2ccccc2)C(C)C1.I. The van der Waals surface area contributed by atoms with Crippen LogP contribution in [0.5, 0.6) is 0 Å². The van der Waals surface area contributed by atoms with Gasteiger partial charge in [-0.1, -0.05) is 37.3 Å². The van der Waals surface area contributed by atoms with E-state index >= 15 is 0 Å². The number of hydrogen-bond donors (Lipinski definition) is 1. The highest BCUT2D eigenvalue weighted by molar-refractivity contribution is 14.0. The summed E-state index contributed by atoms with van der Waals surface area (Å²) in [6.45, 7) is 13.4. The van der Waals surface area contributed by atoms with E-state index in [9.17, 15) is 0 Å². The smallest absolute Gasteiger partial charge is 0.225 e. The number of halogens is 1. The third-order valence-corrected chi connectivity index (χ3v) is 6.65. The molecular weight excluding hydrogens is 525 g/mol. The highest BCUT2D eigenvalue weighted by atomic mass is 127. The molecule has 33 heavy (non-hydrogen) atoms. The van der Waals surface area contributed by atoms with E-state index in [-0.39, 0.29) is 24.0 Å². The minimum Gasteiger partial charge on any atom is -0.357 e. The van der Waals surface area contributed by atoms with E-state index in [0.29, 0.717) is 11.8 Å². The predicted octanol–water partition coefficient (Wildman–Crippen LogP) is 3.31. The molecule has 2 unspecified atom stereocenters. The van der Waals surface area contributed by atoms with Crippen LogP contribution in [0.4, 0.5) is 5.95 Å². The molecule has 2 saturated heterocycles. The summed E-state index contributed by atoms with van der Waals surface area (Å²) in [6.07, 6.45) is 4.81. The molecule has 2 aliphatic rings. The molecule has 0 bridgehead atoms. The summed E-state index contributed by atoms with van der Waals surface area (Å²) in [7, 11) is 0. The lowest BCUT2D eigenvalue weighted by atomic mass is 9.82. The fourth-order valence-corrected chi connectivity index (χ4v) is 4.88. The molecule has 3 heterocycles. The fourth-order valence-electron chi connectivity index (χ4n) is 4.88. The van der Waals surface area contributed by atoms with Gasteiger partial charge in [0.25, 0.3) is 0 Å². The van der Waals surface area contributed by atoms with E-state index in [4.69, 9.17) is 4.99 Å². The van der Waals surface area contributed by atoms with Gasteiger partial charge in [-0.05, 0) is 36.8 Å². The number of aliphatic imine (C=N–C) groups is 1. The number of piperidine rings is 1. The van der Waals surface area contributed by atoms with Gasteiger partial charge in [-0.15, -0.1) is 24.0 Å². The van der Waals surface area contributed by atoms with Crippen LogP contribution in [0, 0.1) is 5.92 Å². The third-order valence-electron chi connectivity index (χ3n) is 6.65. The summed E-state index contributed by atoms with van der Waals surface area (Å²) in [4.78, 5) is 21.0. The second kappa shape index (κ2) is 13.1. The van der Waals surface area contributed by atoms with Gasteiger partial charge in [0.05, 0.1) is 6.54 Å². The molecule has 0 saturated carbocycles. The number of rotatable bonds is 6. The Morgan fingerprint density at radius 1 is 1.03 bits per heavy atom. The zero-order valence-electron chi connectivity index (χ0n) is 19.9. The largest absolute Gasteiger partial charge is 0.357 e. The summed E-state index contributed by atoms with van der Waals surface area (Å²) < 4.78 is 0. The van der Waals surface area contributed by atoms with Gasteiger partial charge in [-0.25, -0.2) is 9.97 Å². The maximum Gasteiger partial charge on any atom is 0.225 e. The van der Waals surface area contributed by atoms with Gasteiger partial charge in [0, 0.05) is 64.8 Å². The highest BCUT2D eigenvalue weighted by Crippen LogP contribution is 2.32. The minimum absolute atomic E-state index is 0. The average molecular weight is 564 g/mol. The molecule has 0 aliphatic carbocycles. The summed E-state index contributed by atoms with van der Waals surface area (Å²) in [5.74, 6) is 3.17. The molecule has 0 amide bonds. The Bertz CT molecular complexity index is 840. The molecule has 1 aromatic heterocycles. The predicted molar refractivity (Wildman–Crippen MR) is 147 cm³/mol. The molecule has 2 fully saturated rings. The number of likely N-dealkylation sites (tertiary alicyclic amines) is 1. The normalized spacial score (nSPS) is 22.1. The van der Waals surface area contributed by atoms with Gasteiger partial charge in [0.15, 0.2) is 5.96 Å². The number of nitrogens with zero attached hydrogens (tertiary/aromatic N) is 6. The number of benzene rings is 1. The Labute approximate surface area is 215 Å². The van der Waals surface area contributed by atoms with Crippen molar-refractivity contribution >= 4 is 35.9 Å². The van der Waals surface area contributed by atoms with Crippen molar-refractivity contribution in [3.8, 4) is 0 Å². The van der Waals surface area contributed by atoms with Crippen LogP contribution in [0.3, 0.4) is 0 Å². The third kappa shape index (κ3) is 7.02. The van der Waals surface area contributed by atoms with Gasteiger partial charge < -0.3 is 15.1 Å². The number of piperazine rings is 1. The first-order valence-corrected chi connectivity index (χ1v) is 12.1. The number of guanidine groups is 1. The van der Waals surface area contributed by atoms with Gasteiger partial charge in [-0.3, -0.25) is 9.89 Å². The van der Waals surface area contributed by atoms with E-state index in [0.717, 1.165) is 70.8 Å². The summed E-state index contributed by atoms with van der Waals surface area (Å²) in [6, 6.07) is 12.8. The lowest BCUT2D eigenvalue weighted by Crippen LogP contribution is -2.49. The Balaban J connectivity index is 0.00000306. The monoisotopic (exact) mass is 563 g/mol. The standard InChI is InChI=1S/C25H37N7.HI/c1-3-26-24(32-14-10-23(21(2)20-32)22-8-5-4-6-9-22)29-13-15-30-16-18-31(19-17-30)25-27-11-7-12-28-25;/h4-9,11-12,21,23H,3,10,13-20H2,1-2H3,(H,26,29);1H. The Hall–Kier alpha value is -1.94. The van der Waals surface area contributed by atoms with Crippen molar-refractivity contribution < 1.29 is 0 Å². The van der Waals surface area contributed by atoms with Crippen molar-refractivity contribution in [1.29, 1.82) is 0 Å². The topological polar surface area (TPSA) is 59.9 Å². The summed E-state index contributed by atoms with van der Waals surface area (Å²) in [5, 5.41) is 3.53. The number of hydrogen-bond acceptors (Lipinski definition) is 5. The van der Waals surface area contributed by atoms with Crippen molar-refractivity contribution in [3.63, 3.8) is 0 Å². The maximum absolute atomic E-state index is 4.99. The molecule has 2 atom stereocenters. The maximum atomic E-state index is 4.99. The van der Waals surface area contributed by atoms with Crippen molar-refractivity contribution in [3.05, 3.63) is 54.4 Å². The Morgan fingerprint density at radius 2 is 1.76 bits per heavy atom. The number of nitrogens with one attached hydrogen (secondary N) is 1. The van der Waals surface area contributed by atoms with Crippen LogP contribution in [-0.4, -0.2) is 84.6 Å². The second-order valence-electron chi connectivity index (χ2n) is 8.84. The molecule has 1 aromatic carbocycles. The Kier molecular flexibility index (Phi) is 10.2. The summed E-state index contributed by atoms with van der Waals surface area (Å²) >= 11 is 0. The van der Waals surface area contributed by atoms with Crippen molar-refractivity contribution in [1.82, 2.24) is 25.1 Å². The highest BCUT2D eigenvalue weighted by Gasteiger charge is 2.28. The molecule has 7 nitrogen and oxygen atoms in total. The van der Waals surface area contributed by atoms with E-state index < -0.39 is 0 Å². The molecule has 0 spiro atoms. The lowest BCUT2D eigenvalue weighted by Gasteiger charge is -2.39. The average Bonchev–Trinajstić information content (AvgIpc) is 2.85. The van der Waals surface area contributed by atoms with E-state index in [1.807, 2.05) is 18.5 Å². The van der Waals surface area contributed by atoms with Crippen molar-refractivity contribution in [2.24, 2.45) is 10.9 Å². The molecule has 2 aliphatic heterocycles. The van der Waals surface area contributed by atoms with Crippen LogP contribution in [0.15, 0.2) is 53.8 Å². The van der Waals surface area contributed by atoms with Crippen molar-refractivity contribution in [2.75, 3.05) is 63.8 Å². The molecule has 4 rings (SSSR count). The van der Waals surface area contributed by atoms with Gasteiger partial charge in [-0.2, -0.15) is 0 Å². The molecule has 8 heteroatoms. The van der Waals surface area contributed by atoms with Crippen LogP contribution >= 0.6 is 24.0 Å².